The second-order valence-corrected chi connectivity index (χ2v) is 4.59. The third-order valence-corrected chi connectivity index (χ3v) is 2.14. The molecule has 1 aromatic heterocycles. The second kappa shape index (κ2) is 4.82. The fraction of sp³-hybridized carbons (Fsp3) is 0.364. The number of oxazole rings is 1. The van der Waals surface area contributed by atoms with E-state index < -0.39 is 4.92 Å². The maximum Gasteiger partial charge on any atom is 0.185 e. The normalized spacial score (nSPS) is 11.2. The molecule has 2 aromatic rings. The van der Waals surface area contributed by atoms with Crippen LogP contribution in [-0.2, 0) is 38.1 Å². The SMILES string of the molecule is CC(C)(C)c1nc2c[c-]c([N+](=O)[O-])cc2o1.[Y]. The predicted octanol–water partition coefficient (Wildman–Crippen LogP) is 2.83. The van der Waals surface area contributed by atoms with Crippen LogP contribution in [0.3, 0.4) is 0 Å². The quantitative estimate of drug-likeness (QED) is 0.461. The van der Waals surface area contributed by atoms with Crippen molar-refractivity contribution >= 4 is 16.8 Å². The Labute approximate surface area is 124 Å². The molecule has 1 aromatic carbocycles. The zero-order valence-electron chi connectivity index (χ0n) is 9.85. The maximum atomic E-state index is 10.6. The average Bonchev–Trinajstić information content (AvgIpc) is 2.58. The summed E-state index contributed by atoms with van der Waals surface area (Å²) in [6.45, 7) is 5.90. The molecule has 0 aliphatic heterocycles. The standard InChI is InChI=1S/C11H11N2O3.Y/c1-11(2,3)10-12-8-5-4-7(13(14)15)6-9(8)16-10;/h5-6H,1-3H3;/q-1;. The Bertz CT molecular complexity index is 557. The van der Waals surface area contributed by atoms with Crippen molar-refractivity contribution in [1.82, 2.24) is 4.98 Å². The monoisotopic (exact) mass is 308 g/mol. The van der Waals surface area contributed by atoms with Gasteiger partial charge in [0.1, 0.15) is 0 Å². The summed E-state index contributed by atoms with van der Waals surface area (Å²) in [5, 5.41) is 10.6. The van der Waals surface area contributed by atoms with Crippen molar-refractivity contribution in [3.63, 3.8) is 0 Å². The van der Waals surface area contributed by atoms with E-state index in [4.69, 9.17) is 4.42 Å². The van der Waals surface area contributed by atoms with Gasteiger partial charge in [-0.2, -0.15) is 0 Å². The molecule has 17 heavy (non-hydrogen) atoms. The van der Waals surface area contributed by atoms with Gasteiger partial charge in [-0.05, 0) is 5.52 Å². The summed E-state index contributed by atoms with van der Waals surface area (Å²) < 4.78 is 5.49. The zero-order chi connectivity index (χ0) is 11.9. The maximum absolute atomic E-state index is 10.6. The van der Waals surface area contributed by atoms with E-state index in [9.17, 15) is 10.1 Å². The fourth-order valence-corrected chi connectivity index (χ4v) is 1.28. The molecule has 1 heterocycles. The summed E-state index contributed by atoms with van der Waals surface area (Å²) >= 11 is 0. The van der Waals surface area contributed by atoms with Gasteiger partial charge in [0.05, 0.1) is 5.58 Å². The summed E-state index contributed by atoms with van der Waals surface area (Å²) in [7, 11) is 0. The number of benzene rings is 1. The van der Waals surface area contributed by atoms with E-state index >= 15 is 0 Å². The van der Waals surface area contributed by atoms with Crippen LogP contribution < -0.4 is 0 Å². The van der Waals surface area contributed by atoms with Gasteiger partial charge in [-0.25, -0.2) is 0 Å². The van der Waals surface area contributed by atoms with Crippen LogP contribution in [0, 0.1) is 16.2 Å². The summed E-state index contributed by atoms with van der Waals surface area (Å²) in [6.07, 6.45) is 0. The summed E-state index contributed by atoms with van der Waals surface area (Å²) in [4.78, 5) is 14.3. The van der Waals surface area contributed by atoms with E-state index in [1.165, 1.54) is 12.1 Å². The van der Waals surface area contributed by atoms with Crippen LogP contribution in [-0.4, -0.2) is 9.91 Å². The molecular weight excluding hydrogens is 297 g/mol. The summed E-state index contributed by atoms with van der Waals surface area (Å²) in [5.41, 5.74) is 0.698. The molecule has 0 aliphatic rings. The van der Waals surface area contributed by atoms with E-state index in [1.807, 2.05) is 20.8 Å². The number of aromatic nitrogens is 1. The van der Waals surface area contributed by atoms with Crippen molar-refractivity contribution in [3.05, 3.63) is 34.2 Å². The van der Waals surface area contributed by atoms with Crippen LogP contribution >= 0.6 is 0 Å². The number of nitro benzene ring substituents is 1. The molecule has 87 valence electrons. The van der Waals surface area contributed by atoms with Crippen LogP contribution in [0.1, 0.15) is 26.7 Å². The van der Waals surface area contributed by atoms with Gasteiger partial charge < -0.3 is 4.42 Å². The molecular formula is C11H11N2O3Y-. The Balaban J connectivity index is 0.00000144. The van der Waals surface area contributed by atoms with E-state index in [2.05, 4.69) is 11.1 Å². The van der Waals surface area contributed by atoms with Gasteiger partial charge in [0.2, 0.25) is 0 Å². The zero-order valence-corrected chi connectivity index (χ0v) is 12.7. The number of rotatable bonds is 1. The minimum absolute atomic E-state index is 0. The molecule has 0 unspecified atom stereocenters. The Kier molecular flexibility index (Phi) is 4.04. The molecule has 0 spiro atoms. The minimum atomic E-state index is -0.501. The van der Waals surface area contributed by atoms with Gasteiger partial charge in [0, 0.05) is 43.0 Å². The molecule has 0 saturated heterocycles. The summed E-state index contributed by atoms with van der Waals surface area (Å²) in [5.74, 6) is 0.566. The average molecular weight is 308 g/mol. The first kappa shape index (κ1) is 14.3. The molecule has 0 N–H and O–H groups in total. The Morgan fingerprint density at radius 1 is 1.47 bits per heavy atom. The number of nitrogens with zero attached hydrogens (tertiary/aromatic N) is 2. The smallest absolute Gasteiger partial charge is 0.185 e. The molecule has 0 bridgehead atoms. The van der Waals surface area contributed by atoms with E-state index in [0.717, 1.165) is 0 Å². The molecule has 0 aliphatic carbocycles. The molecule has 1 radical (unpaired) electrons. The number of hydrogen-bond donors (Lipinski definition) is 0. The first-order valence-corrected chi connectivity index (χ1v) is 4.85. The van der Waals surface area contributed by atoms with Crippen LogP contribution in [0.5, 0.6) is 0 Å². The number of nitro groups is 1. The van der Waals surface area contributed by atoms with Gasteiger partial charge in [-0.1, -0.05) is 32.9 Å². The van der Waals surface area contributed by atoms with Gasteiger partial charge in [0.25, 0.3) is 0 Å². The molecule has 0 atom stereocenters. The number of fused-ring (bicyclic) bond motifs is 1. The van der Waals surface area contributed by atoms with Gasteiger partial charge in [-0.15, -0.1) is 6.07 Å². The molecule has 5 nitrogen and oxygen atoms in total. The topological polar surface area (TPSA) is 69.2 Å². The molecule has 0 fully saturated rings. The first-order chi connectivity index (χ1) is 7.38. The molecule has 0 amide bonds. The largest absolute Gasteiger partial charge is 0.467 e. The van der Waals surface area contributed by atoms with Crippen molar-refractivity contribution in [2.45, 2.75) is 26.2 Å². The van der Waals surface area contributed by atoms with Crippen molar-refractivity contribution in [3.8, 4) is 0 Å². The predicted molar refractivity (Wildman–Crippen MR) is 58.2 cm³/mol. The van der Waals surface area contributed by atoms with E-state index in [-0.39, 0.29) is 43.8 Å². The number of hydrogen-bond acceptors (Lipinski definition) is 4. The first-order valence-electron chi connectivity index (χ1n) is 4.85. The van der Waals surface area contributed by atoms with Crippen LogP contribution in [0.25, 0.3) is 11.1 Å². The van der Waals surface area contributed by atoms with Crippen molar-refractivity contribution < 1.29 is 42.0 Å². The van der Waals surface area contributed by atoms with Gasteiger partial charge >= 0.3 is 0 Å². The van der Waals surface area contributed by atoms with Crippen molar-refractivity contribution in [2.24, 2.45) is 0 Å². The van der Waals surface area contributed by atoms with Crippen molar-refractivity contribution in [2.75, 3.05) is 0 Å². The fourth-order valence-electron chi connectivity index (χ4n) is 1.28. The second-order valence-electron chi connectivity index (χ2n) is 4.59. The molecule has 6 heteroatoms. The summed E-state index contributed by atoms with van der Waals surface area (Å²) in [6, 6.07) is 5.38. The van der Waals surface area contributed by atoms with Gasteiger partial charge in [0.15, 0.2) is 11.6 Å². The number of non-ortho nitro benzene ring substituents is 1. The molecule has 2 rings (SSSR count). The third-order valence-electron chi connectivity index (χ3n) is 2.14. The van der Waals surface area contributed by atoms with Gasteiger partial charge in [-0.3, -0.25) is 15.1 Å². The Hall–Kier alpha value is -0.806. The molecule has 0 saturated carbocycles. The van der Waals surface area contributed by atoms with Crippen molar-refractivity contribution in [1.29, 1.82) is 0 Å². The Morgan fingerprint density at radius 3 is 2.65 bits per heavy atom. The van der Waals surface area contributed by atoms with E-state index in [0.29, 0.717) is 17.0 Å². The van der Waals surface area contributed by atoms with Crippen LogP contribution in [0.2, 0.25) is 0 Å². The third kappa shape index (κ3) is 2.90. The van der Waals surface area contributed by atoms with Crippen LogP contribution in [0.4, 0.5) is 5.69 Å². The minimum Gasteiger partial charge on any atom is -0.467 e. The van der Waals surface area contributed by atoms with E-state index in [1.54, 1.807) is 0 Å². The Morgan fingerprint density at radius 2 is 2.12 bits per heavy atom. The van der Waals surface area contributed by atoms with Crippen LogP contribution in [0.15, 0.2) is 16.5 Å².